The molecule has 0 atom stereocenters. The number of hydrogen-bond donors (Lipinski definition) is 0. The molecule has 1 aromatic heterocycles. The van der Waals surface area contributed by atoms with Crippen molar-refractivity contribution in [3.63, 3.8) is 0 Å². The minimum atomic E-state index is -3.20. The van der Waals surface area contributed by atoms with E-state index in [9.17, 15) is 8.42 Å². The fraction of sp³-hybridized carbons (Fsp3) is 0.429. The fourth-order valence-corrected chi connectivity index (χ4v) is 4.41. The number of rotatable bonds is 3. The first-order valence-electron chi connectivity index (χ1n) is 6.46. The van der Waals surface area contributed by atoms with Gasteiger partial charge in [0.2, 0.25) is 10.0 Å². The van der Waals surface area contributed by atoms with Crippen molar-refractivity contribution in [3.05, 3.63) is 29.8 Å². The van der Waals surface area contributed by atoms with Gasteiger partial charge in [-0.05, 0) is 25.8 Å². The van der Waals surface area contributed by atoms with Gasteiger partial charge in [0, 0.05) is 30.6 Å². The molecular weight excluding hydrogens is 260 g/mol. The van der Waals surface area contributed by atoms with Crippen molar-refractivity contribution in [2.24, 2.45) is 7.05 Å². The summed E-state index contributed by atoms with van der Waals surface area (Å²) in [6, 6.07) is 8.00. The van der Waals surface area contributed by atoms with Crippen molar-refractivity contribution in [2.45, 2.75) is 25.0 Å². The molecule has 0 bridgehead atoms. The van der Waals surface area contributed by atoms with Crippen LogP contribution in [0.1, 0.15) is 18.4 Å². The number of sulfonamides is 1. The molecule has 102 valence electrons. The molecule has 1 aliphatic rings. The van der Waals surface area contributed by atoms with Gasteiger partial charge in [0.1, 0.15) is 5.82 Å². The second-order valence-corrected chi connectivity index (χ2v) is 7.48. The third-order valence-electron chi connectivity index (χ3n) is 3.95. The summed E-state index contributed by atoms with van der Waals surface area (Å²) in [6.45, 7) is 1.98. The quantitative estimate of drug-likeness (QED) is 0.865. The Balaban J connectivity index is 2.20. The molecule has 3 rings (SSSR count). The van der Waals surface area contributed by atoms with E-state index in [4.69, 9.17) is 0 Å². The monoisotopic (exact) mass is 278 g/mol. The summed E-state index contributed by atoms with van der Waals surface area (Å²) in [5, 5.41) is 0.924. The smallest absolute Gasteiger partial charge is 0.238 e. The first-order valence-corrected chi connectivity index (χ1v) is 7.96. The van der Waals surface area contributed by atoms with Crippen molar-refractivity contribution < 1.29 is 8.42 Å². The molecule has 4 nitrogen and oxygen atoms in total. The summed E-state index contributed by atoms with van der Waals surface area (Å²) in [5.74, 6) is 0.771. The molecule has 2 aromatic rings. The Morgan fingerprint density at radius 3 is 2.47 bits per heavy atom. The number of aromatic nitrogens is 1. The molecule has 1 fully saturated rings. The van der Waals surface area contributed by atoms with Crippen LogP contribution in [0.3, 0.4) is 0 Å². The summed E-state index contributed by atoms with van der Waals surface area (Å²) in [6.07, 6.45) is 1.57. The van der Waals surface area contributed by atoms with Crippen molar-refractivity contribution in [2.75, 3.05) is 11.4 Å². The molecule has 1 saturated carbocycles. The van der Waals surface area contributed by atoms with E-state index in [-0.39, 0.29) is 5.25 Å². The first-order chi connectivity index (χ1) is 8.94. The average molecular weight is 278 g/mol. The van der Waals surface area contributed by atoms with E-state index in [1.807, 2.05) is 42.8 Å². The van der Waals surface area contributed by atoms with E-state index in [1.54, 1.807) is 7.05 Å². The largest absolute Gasteiger partial charge is 0.330 e. The van der Waals surface area contributed by atoms with Crippen LogP contribution in [0.5, 0.6) is 0 Å². The molecular formula is C14H18N2O2S. The molecule has 0 N–H and O–H groups in total. The molecule has 0 amide bonds. The van der Waals surface area contributed by atoms with Crippen molar-refractivity contribution in [3.8, 4) is 0 Å². The second kappa shape index (κ2) is 4.00. The van der Waals surface area contributed by atoms with E-state index in [2.05, 4.69) is 0 Å². The maximum absolute atomic E-state index is 12.4. The lowest BCUT2D eigenvalue weighted by molar-refractivity contribution is 0.592. The SMILES string of the molecule is Cc1c(N(C)S(=O)(=O)C2CC2)n(C)c2ccccc12. The number of benzene rings is 1. The van der Waals surface area contributed by atoms with Gasteiger partial charge in [-0.1, -0.05) is 18.2 Å². The predicted octanol–water partition coefficient (Wildman–Crippen LogP) is 2.42. The molecule has 1 aliphatic carbocycles. The molecule has 0 aliphatic heterocycles. The van der Waals surface area contributed by atoms with Gasteiger partial charge in [0.05, 0.1) is 5.25 Å². The van der Waals surface area contributed by atoms with Crippen LogP contribution in [0, 0.1) is 6.92 Å². The Bertz CT molecular complexity index is 703. The van der Waals surface area contributed by atoms with Crippen molar-refractivity contribution in [1.29, 1.82) is 0 Å². The lowest BCUT2D eigenvalue weighted by Gasteiger charge is -2.21. The van der Waals surface area contributed by atoms with Crippen LogP contribution in [0.25, 0.3) is 10.9 Å². The molecule has 0 saturated heterocycles. The zero-order valence-electron chi connectivity index (χ0n) is 11.4. The molecule has 19 heavy (non-hydrogen) atoms. The lowest BCUT2D eigenvalue weighted by Crippen LogP contribution is -2.31. The van der Waals surface area contributed by atoms with E-state index in [0.29, 0.717) is 0 Å². The fourth-order valence-electron chi connectivity index (χ4n) is 2.73. The van der Waals surface area contributed by atoms with Crippen LogP contribution in [0.4, 0.5) is 5.82 Å². The molecule has 1 aromatic carbocycles. The van der Waals surface area contributed by atoms with Gasteiger partial charge < -0.3 is 4.57 Å². The average Bonchev–Trinajstić information content (AvgIpc) is 3.20. The summed E-state index contributed by atoms with van der Waals surface area (Å²) < 4.78 is 28.2. The minimum Gasteiger partial charge on any atom is -0.330 e. The van der Waals surface area contributed by atoms with E-state index in [1.165, 1.54) is 4.31 Å². The van der Waals surface area contributed by atoms with Gasteiger partial charge in [-0.15, -0.1) is 0 Å². The summed E-state index contributed by atoms with van der Waals surface area (Å²) in [5.41, 5.74) is 2.08. The van der Waals surface area contributed by atoms with Gasteiger partial charge in [-0.25, -0.2) is 8.42 Å². The number of para-hydroxylation sites is 1. The maximum atomic E-state index is 12.4. The van der Waals surface area contributed by atoms with Gasteiger partial charge in [0.25, 0.3) is 0 Å². The number of nitrogens with zero attached hydrogens (tertiary/aromatic N) is 2. The highest BCUT2D eigenvalue weighted by Crippen LogP contribution is 2.36. The van der Waals surface area contributed by atoms with Crippen LogP contribution in [-0.2, 0) is 17.1 Å². The van der Waals surface area contributed by atoms with Crippen LogP contribution >= 0.6 is 0 Å². The summed E-state index contributed by atoms with van der Waals surface area (Å²) in [4.78, 5) is 0. The number of aryl methyl sites for hydroxylation is 2. The van der Waals surface area contributed by atoms with E-state index < -0.39 is 10.0 Å². The highest BCUT2D eigenvalue weighted by molar-refractivity contribution is 7.93. The van der Waals surface area contributed by atoms with Crippen LogP contribution in [-0.4, -0.2) is 25.3 Å². The Morgan fingerprint density at radius 1 is 1.26 bits per heavy atom. The molecule has 5 heteroatoms. The maximum Gasteiger partial charge on any atom is 0.238 e. The highest BCUT2D eigenvalue weighted by Gasteiger charge is 2.40. The Morgan fingerprint density at radius 2 is 1.89 bits per heavy atom. The van der Waals surface area contributed by atoms with Crippen LogP contribution in [0.2, 0.25) is 0 Å². The number of anilines is 1. The Hall–Kier alpha value is -1.49. The topological polar surface area (TPSA) is 42.3 Å². The van der Waals surface area contributed by atoms with Crippen LogP contribution < -0.4 is 4.31 Å². The van der Waals surface area contributed by atoms with Gasteiger partial charge in [-0.2, -0.15) is 0 Å². The standard InChI is InChI=1S/C14H18N2O2S/c1-10-12-6-4-5-7-13(12)15(2)14(10)16(3)19(17,18)11-8-9-11/h4-7,11H,8-9H2,1-3H3. The lowest BCUT2D eigenvalue weighted by atomic mass is 10.2. The summed E-state index contributed by atoms with van der Waals surface area (Å²) >= 11 is 0. The molecule has 0 radical (unpaired) electrons. The predicted molar refractivity (Wildman–Crippen MR) is 78.0 cm³/mol. The van der Waals surface area contributed by atoms with Gasteiger partial charge in [-0.3, -0.25) is 4.31 Å². The molecule has 1 heterocycles. The third kappa shape index (κ3) is 1.75. The first kappa shape index (κ1) is 12.5. The van der Waals surface area contributed by atoms with Crippen molar-refractivity contribution in [1.82, 2.24) is 4.57 Å². The normalized spacial score (nSPS) is 15.9. The van der Waals surface area contributed by atoms with Crippen LogP contribution in [0.15, 0.2) is 24.3 Å². The zero-order valence-corrected chi connectivity index (χ0v) is 12.2. The van der Waals surface area contributed by atoms with Gasteiger partial charge in [0.15, 0.2) is 0 Å². The molecule has 0 spiro atoms. The zero-order chi connectivity index (χ0) is 13.8. The molecule has 0 unspecified atom stereocenters. The number of fused-ring (bicyclic) bond motifs is 1. The third-order valence-corrected chi connectivity index (χ3v) is 6.20. The number of hydrogen-bond acceptors (Lipinski definition) is 2. The summed E-state index contributed by atoms with van der Waals surface area (Å²) in [7, 11) is 0.383. The minimum absolute atomic E-state index is 0.185. The van der Waals surface area contributed by atoms with E-state index >= 15 is 0 Å². The van der Waals surface area contributed by atoms with Crippen molar-refractivity contribution >= 4 is 26.7 Å². The van der Waals surface area contributed by atoms with E-state index in [0.717, 1.165) is 35.1 Å². The van der Waals surface area contributed by atoms with Gasteiger partial charge >= 0.3 is 0 Å². The Labute approximate surface area is 113 Å². The highest BCUT2D eigenvalue weighted by atomic mass is 32.2. The second-order valence-electron chi connectivity index (χ2n) is 5.24. The Kier molecular flexibility index (Phi) is 2.64.